The summed E-state index contributed by atoms with van der Waals surface area (Å²) in [6.45, 7) is 5.79. The van der Waals surface area contributed by atoms with Gasteiger partial charge in [0.2, 0.25) is 0 Å². The molecule has 0 fully saturated rings. The Labute approximate surface area is 135 Å². The molecule has 0 aliphatic carbocycles. The van der Waals surface area contributed by atoms with E-state index < -0.39 is 0 Å². The van der Waals surface area contributed by atoms with Crippen molar-refractivity contribution in [2.75, 3.05) is 5.75 Å². The summed E-state index contributed by atoms with van der Waals surface area (Å²) in [6, 6.07) is 3.71. The summed E-state index contributed by atoms with van der Waals surface area (Å²) in [5.74, 6) is 1.48. The van der Waals surface area contributed by atoms with Crippen LogP contribution in [0, 0.1) is 20.8 Å². The Morgan fingerprint density at radius 3 is 2.77 bits per heavy atom. The van der Waals surface area contributed by atoms with Crippen molar-refractivity contribution in [1.29, 1.82) is 0 Å². The van der Waals surface area contributed by atoms with Gasteiger partial charge >= 0.3 is 0 Å². The monoisotopic (exact) mass is 334 g/mol. The molecule has 0 unspecified atom stereocenters. The first kappa shape index (κ1) is 15.1. The predicted molar refractivity (Wildman–Crippen MR) is 85.6 cm³/mol. The minimum atomic E-state index is 0.0751. The van der Waals surface area contributed by atoms with Crippen molar-refractivity contribution < 1.29 is 13.6 Å². The molecule has 0 spiro atoms. The maximum atomic E-state index is 12.2. The minimum absolute atomic E-state index is 0.0751. The van der Waals surface area contributed by atoms with Gasteiger partial charge in [0.15, 0.2) is 5.78 Å². The number of carbonyl (C=O) groups is 1. The second-order valence-corrected chi connectivity index (χ2v) is 7.19. The van der Waals surface area contributed by atoms with Gasteiger partial charge in [-0.1, -0.05) is 11.8 Å². The van der Waals surface area contributed by atoms with Crippen LogP contribution >= 0.6 is 23.1 Å². The first-order valence-corrected chi connectivity index (χ1v) is 8.46. The molecule has 0 N–H and O–H groups in total. The summed E-state index contributed by atoms with van der Waals surface area (Å²) in [7, 11) is 0. The number of aromatic nitrogens is 2. The van der Waals surface area contributed by atoms with Gasteiger partial charge < -0.3 is 8.83 Å². The Bertz CT molecular complexity index is 816. The van der Waals surface area contributed by atoms with Crippen molar-refractivity contribution in [2.24, 2.45) is 0 Å². The van der Waals surface area contributed by atoms with Crippen molar-refractivity contribution in [3.8, 4) is 11.5 Å². The summed E-state index contributed by atoms with van der Waals surface area (Å²) < 4.78 is 10.8. The second-order valence-electron chi connectivity index (χ2n) is 4.80. The molecular weight excluding hydrogens is 320 g/mol. The van der Waals surface area contributed by atoms with E-state index >= 15 is 0 Å². The van der Waals surface area contributed by atoms with Gasteiger partial charge in [-0.15, -0.1) is 21.5 Å². The van der Waals surface area contributed by atoms with Crippen LogP contribution in [0.2, 0.25) is 0 Å². The van der Waals surface area contributed by atoms with E-state index in [1.807, 2.05) is 26.8 Å². The lowest BCUT2D eigenvalue weighted by Crippen LogP contribution is -2.02. The van der Waals surface area contributed by atoms with Gasteiger partial charge in [-0.2, -0.15) is 0 Å². The van der Waals surface area contributed by atoms with E-state index in [0.717, 1.165) is 26.6 Å². The zero-order valence-electron chi connectivity index (χ0n) is 12.4. The first-order valence-electron chi connectivity index (χ1n) is 6.65. The van der Waals surface area contributed by atoms with Crippen LogP contribution in [0.1, 0.15) is 25.9 Å². The van der Waals surface area contributed by atoms with E-state index in [9.17, 15) is 4.79 Å². The van der Waals surface area contributed by atoms with Crippen LogP contribution in [0.25, 0.3) is 11.5 Å². The van der Waals surface area contributed by atoms with E-state index in [0.29, 0.717) is 11.1 Å². The predicted octanol–water partition coefficient (Wildman–Crippen LogP) is 4.29. The number of hydrogen-bond acceptors (Lipinski definition) is 7. The molecule has 3 rings (SSSR count). The SMILES string of the molecule is Cc1cc(C(=O)CSc2nnc(-c3ccoc3C)o2)c(C)s1. The third-order valence-corrected chi connectivity index (χ3v) is 4.95. The lowest BCUT2D eigenvalue weighted by molar-refractivity contribution is 0.102. The molecule has 3 aromatic rings. The van der Waals surface area contributed by atoms with Crippen LogP contribution in [-0.2, 0) is 0 Å². The van der Waals surface area contributed by atoms with Crippen molar-refractivity contribution in [3.63, 3.8) is 0 Å². The number of ketones is 1. The highest BCUT2D eigenvalue weighted by Gasteiger charge is 2.16. The molecule has 0 saturated heterocycles. The number of hydrogen-bond donors (Lipinski definition) is 0. The van der Waals surface area contributed by atoms with E-state index in [4.69, 9.17) is 8.83 Å². The fourth-order valence-electron chi connectivity index (χ4n) is 2.10. The zero-order valence-corrected chi connectivity index (χ0v) is 14.0. The van der Waals surface area contributed by atoms with Crippen LogP contribution in [0.4, 0.5) is 0 Å². The Morgan fingerprint density at radius 2 is 2.14 bits per heavy atom. The van der Waals surface area contributed by atoms with Gasteiger partial charge in [0.1, 0.15) is 5.76 Å². The molecule has 0 radical (unpaired) electrons. The summed E-state index contributed by atoms with van der Waals surface area (Å²) in [5.41, 5.74) is 1.55. The highest BCUT2D eigenvalue weighted by molar-refractivity contribution is 7.99. The minimum Gasteiger partial charge on any atom is -0.469 e. The van der Waals surface area contributed by atoms with Crippen LogP contribution in [0.15, 0.2) is 32.5 Å². The molecule has 0 bridgehead atoms. The molecule has 0 amide bonds. The Hall–Kier alpha value is -1.86. The first-order chi connectivity index (χ1) is 10.5. The molecule has 3 aromatic heterocycles. The molecular formula is C15H14N2O3S2. The summed E-state index contributed by atoms with van der Waals surface area (Å²) in [4.78, 5) is 14.4. The third kappa shape index (κ3) is 3.00. The highest BCUT2D eigenvalue weighted by atomic mass is 32.2. The number of carbonyl (C=O) groups excluding carboxylic acids is 1. The second kappa shape index (κ2) is 6.10. The largest absolute Gasteiger partial charge is 0.469 e. The number of aryl methyl sites for hydroxylation is 3. The molecule has 114 valence electrons. The fraction of sp³-hybridized carbons (Fsp3) is 0.267. The number of thioether (sulfide) groups is 1. The van der Waals surface area contributed by atoms with Crippen molar-refractivity contribution in [3.05, 3.63) is 39.5 Å². The third-order valence-electron chi connectivity index (χ3n) is 3.16. The van der Waals surface area contributed by atoms with E-state index in [1.165, 1.54) is 11.8 Å². The number of furan rings is 1. The Morgan fingerprint density at radius 1 is 1.32 bits per heavy atom. The zero-order chi connectivity index (χ0) is 15.7. The smallest absolute Gasteiger partial charge is 0.277 e. The van der Waals surface area contributed by atoms with Gasteiger partial charge in [0.05, 0.1) is 17.6 Å². The number of Topliss-reactive ketones (excluding diaryl/α,β-unsaturated/α-hetero) is 1. The molecule has 5 nitrogen and oxygen atoms in total. The number of nitrogens with zero attached hydrogens (tertiary/aromatic N) is 2. The van der Waals surface area contributed by atoms with Crippen LogP contribution in [0.5, 0.6) is 0 Å². The van der Waals surface area contributed by atoms with E-state index in [1.54, 1.807) is 23.7 Å². The molecule has 0 aromatic carbocycles. The molecule has 0 saturated carbocycles. The van der Waals surface area contributed by atoms with Gasteiger partial charge in [-0.25, -0.2) is 0 Å². The Balaban J connectivity index is 1.67. The average molecular weight is 334 g/mol. The maximum Gasteiger partial charge on any atom is 0.277 e. The highest BCUT2D eigenvalue weighted by Crippen LogP contribution is 2.27. The van der Waals surface area contributed by atoms with Gasteiger partial charge in [-0.05, 0) is 32.9 Å². The van der Waals surface area contributed by atoms with Crippen LogP contribution in [-0.4, -0.2) is 21.7 Å². The average Bonchev–Trinajstić information content (AvgIpc) is 3.16. The van der Waals surface area contributed by atoms with Crippen LogP contribution in [0.3, 0.4) is 0 Å². The lowest BCUT2D eigenvalue weighted by atomic mass is 10.2. The molecule has 3 heterocycles. The van der Waals surface area contributed by atoms with Crippen LogP contribution < -0.4 is 0 Å². The molecule has 0 atom stereocenters. The number of rotatable bonds is 5. The standard InChI is InChI=1S/C15H14N2O3S2/c1-8-6-12(10(3)22-8)13(18)7-21-15-17-16-14(20-15)11-4-5-19-9(11)2/h4-6H,7H2,1-3H3. The summed E-state index contributed by atoms with van der Waals surface area (Å²) in [5, 5.41) is 8.33. The molecule has 7 heteroatoms. The van der Waals surface area contributed by atoms with E-state index in [-0.39, 0.29) is 11.5 Å². The quantitative estimate of drug-likeness (QED) is 0.512. The molecule has 0 aliphatic rings. The normalized spacial score (nSPS) is 11.0. The lowest BCUT2D eigenvalue weighted by Gasteiger charge is -1.97. The van der Waals surface area contributed by atoms with Crippen molar-refractivity contribution in [2.45, 2.75) is 26.0 Å². The molecule has 0 aliphatic heterocycles. The molecule has 22 heavy (non-hydrogen) atoms. The fourth-order valence-corrected chi connectivity index (χ4v) is 3.69. The summed E-state index contributed by atoms with van der Waals surface area (Å²) >= 11 is 2.88. The van der Waals surface area contributed by atoms with Crippen molar-refractivity contribution in [1.82, 2.24) is 10.2 Å². The maximum absolute atomic E-state index is 12.2. The van der Waals surface area contributed by atoms with E-state index in [2.05, 4.69) is 10.2 Å². The topological polar surface area (TPSA) is 69.1 Å². The van der Waals surface area contributed by atoms with Gasteiger partial charge in [-0.3, -0.25) is 4.79 Å². The Kier molecular flexibility index (Phi) is 4.17. The van der Waals surface area contributed by atoms with Gasteiger partial charge in [0, 0.05) is 15.3 Å². The van der Waals surface area contributed by atoms with Gasteiger partial charge in [0.25, 0.3) is 11.1 Å². The number of thiophene rings is 1. The van der Waals surface area contributed by atoms with Crippen molar-refractivity contribution >= 4 is 28.9 Å². The summed E-state index contributed by atoms with van der Waals surface area (Å²) in [6.07, 6.45) is 1.58.